The molecule has 0 saturated carbocycles. The molecule has 0 aliphatic carbocycles. The molecule has 0 spiro atoms. The fourth-order valence-corrected chi connectivity index (χ4v) is 4.37. The first kappa shape index (κ1) is 13.6. The fraction of sp³-hybridized carbons (Fsp3) is 0.529. The van der Waals surface area contributed by atoms with E-state index in [9.17, 15) is 0 Å². The normalized spacial score (nSPS) is 35.1. The van der Waals surface area contributed by atoms with Crippen molar-refractivity contribution in [3.05, 3.63) is 46.1 Å². The molecule has 2 aliphatic rings. The minimum absolute atomic E-state index is 0.763. The molecule has 2 bridgehead atoms. The number of hydrogen-bond donors (Lipinski definition) is 0. The first-order chi connectivity index (χ1) is 9.31. The van der Waals surface area contributed by atoms with E-state index in [-0.39, 0.29) is 0 Å². The predicted molar refractivity (Wildman–Crippen MR) is 89.6 cm³/mol. The average molecular weight is 367 g/mol. The van der Waals surface area contributed by atoms with Crippen LogP contribution in [0.1, 0.15) is 37.7 Å². The number of nitrogens with zero attached hydrogens (tertiary/aromatic N) is 1. The van der Waals surface area contributed by atoms with Gasteiger partial charge in [-0.3, -0.25) is 4.90 Å². The van der Waals surface area contributed by atoms with Crippen molar-refractivity contribution in [3.8, 4) is 0 Å². The lowest BCUT2D eigenvalue weighted by Gasteiger charge is -2.43. The van der Waals surface area contributed by atoms with Crippen LogP contribution in [0.5, 0.6) is 0 Å². The second kappa shape index (κ2) is 5.96. The fourth-order valence-electron chi connectivity index (χ4n) is 4.15. The summed E-state index contributed by atoms with van der Waals surface area (Å²) in [5.41, 5.74) is 1.55. The quantitative estimate of drug-likeness (QED) is 0.707. The van der Waals surface area contributed by atoms with Crippen LogP contribution in [0.3, 0.4) is 0 Å². The van der Waals surface area contributed by atoms with Crippen LogP contribution in [-0.4, -0.2) is 23.5 Å². The van der Waals surface area contributed by atoms with Crippen LogP contribution in [0.25, 0.3) is 0 Å². The highest BCUT2D eigenvalue weighted by atomic mass is 127. The molecule has 0 N–H and O–H groups in total. The number of halogens is 1. The van der Waals surface area contributed by atoms with E-state index < -0.39 is 0 Å². The van der Waals surface area contributed by atoms with Crippen LogP contribution < -0.4 is 0 Å². The van der Waals surface area contributed by atoms with Gasteiger partial charge < -0.3 is 0 Å². The number of piperidine rings is 1. The molecule has 0 radical (unpaired) electrons. The molecule has 2 aliphatic heterocycles. The van der Waals surface area contributed by atoms with Crippen LogP contribution in [0.15, 0.2) is 40.5 Å². The van der Waals surface area contributed by atoms with Gasteiger partial charge in [-0.1, -0.05) is 65.9 Å². The maximum Gasteiger partial charge on any atom is 0.0176 e. The second-order valence-electron chi connectivity index (χ2n) is 5.97. The van der Waals surface area contributed by atoms with Crippen LogP contribution in [0.4, 0.5) is 0 Å². The van der Waals surface area contributed by atoms with Crippen molar-refractivity contribution >= 4 is 22.6 Å². The van der Waals surface area contributed by atoms with Crippen molar-refractivity contribution in [1.82, 2.24) is 4.90 Å². The molecule has 102 valence electrons. The minimum atomic E-state index is 0.763. The van der Waals surface area contributed by atoms with Gasteiger partial charge in [0, 0.05) is 18.6 Å². The third kappa shape index (κ3) is 2.62. The van der Waals surface area contributed by atoms with Gasteiger partial charge in [0.1, 0.15) is 0 Å². The first-order valence-electron chi connectivity index (χ1n) is 7.37. The number of hydrogen-bond acceptors (Lipinski definition) is 1. The molecule has 3 rings (SSSR count). The summed E-state index contributed by atoms with van der Waals surface area (Å²) < 4.78 is 2.16. The summed E-state index contributed by atoms with van der Waals surface area (Å²) in [7, 11) is 0. The van der Waals surface area contributed by atoms with E-state index in [1.807, 2.05) is 0 Å². The summed E-state index contributed by atoms with van der Waals surface area (Å²) in [5.74, 6) is 1.54. The topological polar surface area (TPSA) is 3.24 Å². The van der Waals surface area contributed by atoms with Gasteiger partial charge in [0.15, 0.2) is 0 Å². The van der Waals surface area contributed by atoms with E-state index in [1.165, 1.54) is 19.3 Å². The number of rotatable bonds is 3. The molecule has 1 aromatic rings. The van der Waals surface area contributed by atoms with Gasteiger partial charge in [0.05, 0.1) is 0 Å². The lowest BCUT2D eigenvalue weighted by molar-refractivity contribution is 0.0942. The molecule has 1 aromatic carbocycles. The van der Waals surface area contributed by atoms with Gasteiger partial charge in [0.2, 0.25) is 0 Å². The van der Waals surface area contributed by atoms with E-state index in [1.54, 1.807) is 5.56 Å². The summed E-state index contributed by atoms with van der Waals surface area (Å²) in [6, 6.07) is 12.7. The lowest BCUT2D eigenvalue weighted by atomic mass is 9.77. The van der Waals surface area contributed by atoms with E-state index in [4.69, 9.17) is 0 Å². The third-order valence-electron chi connectivity index (χ3n) is 5.09. The van der Waals surface area contributed by atoms with E-state index in [2.05, 4.69) is 74.9 Å². The minimum Gasteiger partial charge on any atom is -0.293 e. The van der Waals surface area contributed by atoms with Crippen molar-refractivity contribution < 1.29 is 0 Å². The second-order valence-corrected chi connectivity index (χ2v) is 6.69. The summed E-state index contributed by atoms with van der Waals surface area (Å²) in [4.78, 5) is 2.75. The molecule has 2 fully saturated rings. The standard InChI is InChI=1S/C17H22IN/c1-13-16(14-6-3-2-4-7-14)12-15-8-9-17(13)19(15)11-5-10-18/h2-7,10,13,15-17H,8-9,11-12H2,1H3/b10-5+. The molecule has 1 nitrogen and oxygen atoms in total. The number of benzene rings is 1. The number of fused-ring (bicyclic) bond motifs is 2. The maximum atomic E-state index is 2.75. The highest BCUT2D eigenvalue weighted by Gasteiger charge is 2.44. The molecule has 0 amide bonds. The van der Waals surface area contributed by atoms with Gasteiger partial charge in [-0.05, 0) is 40.7 Å². The van der Waals surface area contributed by atoms with Crippen LogP contribution in [-0.2, 0) is 0 Å². The van der Waals surface area contributed by atoms with Crippen LogP contribution in [0.2, 0.25) is 0 Å². The Bertz CT molecular complexity index is 442. The molecule has 19 heavy (non-hydrogen) atoms. The molecular formula is C17H22IN. The average Bonchev–Trinajstić information content (AvgIpc) is 2.77. The van der Waals surface area contributed by atoms with Crippen molar-refractivity contribution in [2.75, 3.05) is 6.54 Å². The highest BCUT2D eigenvalue weighted by molar-refractivity contribution is 14.1. The predicted octanol–water partition coefficient (Wildman–Crippen LogP) is 4.59. The van der Waals surface area contributed by atoms with Gasteiger partial charge in [0.25, 0.3) is 0 Å². The van der Waals surface area contributed by atoms with Crippen molar-refractivity contribution in [2.45, 2.75) is 44.2 Å². The Balaban J connectivity index is 1.79. The van der Waals surface area contributed by atoms with E-state index in [0.29, 0.717) is 0 Å². The molecule has 2 saturated heterocycles. The van der Waals surface area contributed by atoms with E-state index in [0.717, 1.165) is 30.5 Å². The molecule has 4 atom stereocenters. The zero-order valence-electron chi connectivity index (χ0n) is 11.5. The smallest absolute Gasteiger partial charge is 0.0176 e. The molecule has 2 heterocycles. The zero-order valence-corrected chi connectivity index (χ0v) is 13.7. The van der Waals surface area contributed by atoms with Gasteiger partial charge in [-0.2, -0.15) is 0 Å². The van der Waals surface area contributed by atoms with Crippen LogP contribution in [0, 0.1) is 5.92 Å². The summed E-state index contributed by atoms with van der Waals surface area (Å²) in [6.07, 6.45) is 6.44. The largest absolute Gasteiger partial charge is 0.293 e. The van der Waals surface area contributed by atoms with Gasteiger partial charge in [-0.25, -0.2) is 0 Å². The highest BCUT2D eigenvalue weighted by Crippen LogP contribution is 2.46. The monoisotopic (exact) mass is 367 g/mol. The lowest BCUT2D eigenvalue weighted by Crippen LogP contribution is -2.47. The third-order valence-corrected chi connectivity index (χ3v) is 5.60. The van der Waals surface area contributed by atoms with Crippen LogP contribution >= 0.6 is 22.6 Å². The Morgan fingerprint density at radius 3 is 2.79 bits per heavy atom. The Morgan fingerprint density at radius 2 is 2.05 bits per heavy atom. The summed E-state index contributed by atoms with van der Waals surface area (Å²) >= 11 is 2.33. The van der Waals surface area contributed by atoms with E-state index >= 15 is 0 Å². The molecule has 4 unspecified atom stereocenters. The van der Waals surface area contributed by atoms with Gasteiger partial charge >= 0.3 is 0 Å². The molecular weight excluding hydrogens is 345 g/mol. The first-order valence-corrected chi connectivity index (χ1v) is 8.61. The SMILES string of the molecule is CC1C(c2ccccc2)CC2CCC1N2C/C=C/I. The molecule has 2 heteroatoms. The Kier molecular flexibility index (Phi) is 4.27. The van der Waals surface area contributed by atoms with Crippen molar-refractivity contribution in [3.63, 3.8) is 0 Å². The Labute approximate surface area is 130 Å². The summed E-state index contributed by atoms with van der Waals surface area (Å²) in [5, 5.41) is 0. The molecule has 0 aromatic heterocycles. The van der Waals surface area contributed by atoms with Gasteiger partial charge in [-0.15, -0.1) is 0 Å². The Morgan fingerprint density at radius 1 is 1.26 bits per heavy atom. The Hall–Kier alpha value is -0.350. The van der Waals surface area contributed by atoms with Crippen molar-refractivity contribution in [1.29, 1.82) is 0 Å². The van der Waals surface area contributed by atoms with Crippen molar-refractivity contribution in [2.24, 2.45) is 5.92 Å². The zero-order chi connectivity index (χ0) is 13.2. The summed E-state index contributed by atoms with van der Waals surface area (Å²) in [6.45, 7) is 3.61. The maximum absolute atomic E-state index is 2.75.